The van der Waals surface area contributed by atoms with Crippen LogP contribution in [-0.2, 0) is 22.4 Å². The number of hydrogen-bond donors (Lipinski definition) is 3. The van der Waals surface area contributed by atoms with Gasteiger partial charge in [-0.25, -0.2) is 9.59 Å². The Morgan fingerprint density at radius 3 is 1.91 bits per heavy atom. The zero-order valence-electron chi connectivity index (χ0n) is 13.9. The molecule has 0 amide bonds. The quantitative estimate of drug-likeness (QED) is 0.505. The Balaban J connectivity index is 0.000000515. The highest BCUT2D eigenvalue weighted by atomic mass is 16.4. The molecule has 5 nitrogen and oxygen atoms in total. The summed E-state index contributed by atoms with van der Waals surface area (Å²) in [5, 5.41) is 15.6. The van der Waals surface area contributed by atoms with Gasteiger partial charge in [0.25, 0.3) is 0 Å². The van der Waals surface area contributed by atoms with Crippen molar-refractivity contribution in [3.8, 4) is 0 Å². The lowest BCUT2D eigenvalue weighted by Crippen LogP contribution is -2.17. The lowest BCUT2D eigenvalue weighted by molar-refractivity contribution is -0.134. The summed E-state index contributed by atoms with van der Waals surface area (Å²) in [4.78, 5) is 19.1. The van der Waals surface area contributed by atoms with Gasteiger partial charge in [0.05, 0.1) is 0 Å². The smallest absolute Gasteiger partial charge is 0.328 e. The van der Waals surface area contributed by atoms with E-state index in [0.717, 1.165) is 6.42 Å². The minimum atomic E-state index is -1.26. The van der Waals surface area contributed by atoms with E-state index >= 15 is 0 Å². The van der Waals surface area contributed by atoms with E-state index in [0.29, 0.717) is 12.2 Å². The Labute approximate surface area is 137 Å². The van der Waals surface area contributed by atoms with Gasteiger partial charge in [0.15, 0.2) is 0 Å². The highest BCUT2D eigenvalue weighted by Gasteiger charge is 1.98. The molecule has 0 saturated heterocycles. The molecule has 0 saturated carbocycles. The molecule has 0 fully saturated rings. The van der Waals surface area contributed by atoms with Crippen molar-refractivity contribution >= 4 is 11.9 Å². The minimum absolute atomic E-state index is 0.260. The van der Waals surface area contributed by atoms with Crippen molar-refractivity contribution in [2.24, 2.45) is 5.73 Å². The fourth-order valence-electron chi connectivity index (χ4n) is 1.94. The molecule has 0 aliphatic heterocycles. The molecule has 0 aliphatic rings. The third-order valence-corrected chi connectivity index (χ3v) is 3.02. The molecule has 4 N–H and O–H groups in total. The molecule has 5 heteroatoms. The van der Waals surface area contributed by atoms with Gasteiger partial charge in [0.2, 0.25) is 0 Å². The number of unbranched alkanes of at least 4 members (excludes halogenated alkanes) is 2. The zero-order valence-corrected chi connectivity index (χ0v) is 13.9. The standard InChI is InChI=1S/C14H23N.C4H4O4/c1-3-4-5-6-13-7-9-14(10-8-13)11-12(2)15;5-3(6)1-2-4(7)8/h7-10,12H,3-6,11,15H2,1-2H3;1-2H,(H,5,6)(H,7,8)/b;2-1-. The van der Waals surface area contributed by atoms with Gasteiger partial charge in [-0.2, -0.15) is 0 Å². The van der Waals surface area contributed by atoms with Gasteiger partial charge in [-0.05, 0) is 37.3 Å². The third-order valence-electron chi connectivity index (χ3n) is 3.02. The van der Waals surface area contributed by atoms with Crippen molar-refractivity contribution in [1.29, 1.82) is 0 Å². The third kappa shape index (κ3) is 13.3. The first-order valence-electron chi connectivity index (χ1n) is 7.82. The maximum absolute atomic E-state index is 9.55. The van der Waals surface area contributed by atoms with Gasteiger partial charge < -0.3 is 15.9 Å². The summed E-state index contributed by atoms with van der Waals surface area (Å²) in [5.74, 6) is -2.51. The van der Waals surface area contributed by atoms with Crippen LogP contribution in [-0.4, -0.2) is 28.2 Å². The number of benzene rings is 1. The Hall–Kier alpha value is -2.14. The topological polar surface area (TPSA) is 101 Å². The summed E-state index contributed by atoms with van der Waals surface area (Å²) in [7, 11) is 0. The Morgan fingerprint density at radius 2 is 1.52 bits per heavy atom. The van der Waals surface area contributed by atoms with E-state index in [1.54, 1.807) is 0 Å². The number of rotatable bonds is 8. The lowest BCUT2D eigenvalue weighted by atomic mass is 10.0. The fraction of sp³-hybridized carbons (Fsp3) is 0.444. The van der Waals surface area contributed by atoms with Crippen LogP contribution in [0, 0.1) is 0 Å². The van der Waals surface area contributed by atoms with E-state index < -0.39 is 11.9 Å². The molecule has 1 aromatic rings. The number of carbonyl (C=O) groups is 2. The van der Waals surface area contributed by atoms with E-state index in [2.05, 4.69) is 38.1 Å². The number of carboxylic acids is 2. The molecule has 1 aromatic carbocycles. The first-order chi connectivity index (χ1) is 10.8. The van der Waals surface area contributed by atoms with Gasteiger partial charge in [-0.3, -0.25) is 0 Å². The van der Waals surface area contributed by atoms with Crippen LogP contribution in [0.15, 0.2) is 36.4 Å². The molecule has 128 valence electrons. The number of hydrogen-bond acceptors (Lipinski definition) is 3. The van der Waals surface area contributed by atoms with Crippen LogP contribution >= 0.6 is 0 Å². The Kier molecular flexibility index (Phi) is 11.3. The second kappa shape index (κ2) is 12.4. The summed E-state index contributed by atoms with van der Waals surface area (Å²) in [6, 6.07) is 9.17. The second-order valence-corrected chi connectivity index (χ2v) is 5.46. The predicted octanol–water partition coefficient (Wildman–Crippen LogP) is 3.02. The van der Waals surface area contributed by atoms with Crippen molar-refractivity contribution < 1.29 is 19.8 Å². The molecule has 23 heavy (non-hydrogen) atoms. The fourth-order valence-corrected chi connectivity index (χ4v) is 1.94. The average molecular weight is 321 g/mol. The van der Waals surface area contributed by atoms with E-state index in [4.69, 9.17) is 15.9 Å². The van der Waals surface area contributed by atoms with Crippen LogP contribution in [0.25, 0.3) is 0 Å². The molecule has 0 spiro atoms. The average Bonchev–Trinajstić information content (AvgIpc) is 2.47. The molecule has 0 radical (unpaired) electrons. The summed E-state index contributed by atoms with van der Waals surface area (Å²) in [6.07, 6.45) is 7.25. The van der Waals surface area contributed by atoms with Crippen molar-refractivity contribution in [2.45, 2.75) is 52.0 Å². The molecule has 0 bridgehead atoms. The second-order valence-electron chi connectivity index (χ2n) is 5.46. The van der Waals surface area contributed by atoms with Gasteiger partial charge in [-0.15, -0.1) is 0 Å². The first kappa shape index (κ1) is 20.9. The number of nitrogens with two attached hydrogens (primary N) is 1. The van der Waals surface area contributed by atoms with Crippen LogP contribution < -0.4 is 5.73 Å². The molecule has 1 rings (SSSR count). The van der Waals surface area contributed by atoms with Gasteiger partial charge in [0.1, 0.15) is 0 Å². The van der Waals surface area contributed by atoms with Crippen molar-refractivity contribution in [3.05, 3.63) is 47.5 Å². The maximum Gasteiger partial charge on any atom is 0.328 e. The highest BCUT2D eigenvalue weighted by molar-refractivity contribution is 5.89. The van der Waals surface area contributed by atoms with Gasteiger partial charge in [-0.1, -0.05) is 44.0 Å². The van der Waals surface area contributed by atoms with Gasteiger partial charge >= 0.3 is 11.9 Å². The summed E-state index contributed by atoms with van der Waals surface area (Å²) in [5.41, 5.74) is 8.57. The molecule has 0 aromatic heterocycles. The van der Waals surface area contributed by atoms with Crippen LogP contribution in [0.1, 0.15) is 44.2 Å². The van der Waals surface area contributed by atoms with Crippen LogP contribution in [0.2, 0.25) is 0 Å². The highest BCUT2D eigenvalue weighted by Crippen LogP contribution is 2.09. The molecular formula is C18H27NO4. The predicted molar refractivity (Wildman–Crippen MR) is 91.4 cm³/mol. The normalized spacial score (nSPS) is 11.6. The summed E-state index contributed by atoms with van der Waals surface area (Å²) < 4.78 is 0. The first-order valence-corrected chi connectivity index (χ1v) is 7.82. The number of aliphatic carboxylic acids is 2. The Bertz CT molecular complexity index is 476. The van der Waals surface area contributed by atoms with Crippen molar-refractivity contribution in [2.75, 3.05) is 0 Å². The zero-order chi connectivity index (χ0) is 17.7. The van der Waals surface area contributed by atoms with Gasteiger partial charge in [0, 0.05) is 18.2 Å². The molecule has 0 heterocycles. The summed E-state index contributed by atoms with van der Waals surface area (Å²) >= 11 is 0. The minimum Gasteiger partial charge on any atom is -0.478 e. The maximum atomic E-state index is 9.55. The molecular weight excluding hydrogens is 294 g/mol. The number of carboxylic acid groups (broad SMARTS) is 2. The summed E-state index contributed by atoms with van der Waals surface area (Å²) in [6.45, 7) is 4.29. The SMILES string of the molecule is CCCCCc1ccc(CC(C)N)cc1.O=C(O)/C=C\C(=O)O. The van der Waals surface area contributed by atoms with Crippen LogP contribution in [0.3, 0.4) is 0 Å². The van der Waals surface area contributed by atoms with Crippen LogP contribution in [0.5, 0.6) is 0 Å². The van der Waals surface area contributed by atoms with Crippen molar-refractivity contribution in [3.63, 3.8) is 0 Å². The molecule has 1 atom stereocenters. The Morgan fingerprint density at radius 1 is 1.04 bits per heavy atom. The molecule has 0 aliphatic carbocycles. The monoisotopic (exact) mass is 321 g/mol. The lowest BCUT2D eigenvalue weighted by Gasteiger charge is -2.06. The van der Waals surface area contributed by atoms with E-state index in [1.807, 2.05) is 0 Å². The number of aryl methyl sites for hydroxylation is 1. The van der Waals surface area contributed by atoms with E-state index in [9.17, 15) is 9.59 Å². The van der Waals surface area contributed by atoms with E-state index in [1.165, 1.54) is 36.8 Å². The largest absolute Gasteiger partial charge is 0.478 e. The van der Waals surface area contributed by atoms with E-state index in [-0.39, 0.29) is 6.04 Å². The molecule has 1 unspecified atom stereocenters. The van der Waals surface area contributed by atoms with Crippen molar-refractivity contribution in [1.82, 2.24) is 0 Å². The van der Waals surface area contributed by atoms with Crippen LogP contribution in [0.4, 0.5) is 0 Å².